The fraction of sp³-hybridized carbons (Fsp3) is 0.625. The Morgan fingerprint density at radius 1 is 1.29 bits per heavy atom. The van der Waals surface area contributed by atoms with E-state index in [2.05, 4.69) is 11.9 Å². The van der Waals surface area contributed by atoms with Crippen LogP contribution in [-0.2, 0) is 0 Å². The second-order valence-corrected chi connectivity index (χ2v) is 6.00. The van der Waals surface area contributed by atoms with Gasteiger partial charge in [-0.25, -0.2) is 0 Å². The number of nitrogens with two attached hydrogens (primary N) is 1. The van der Waals surface area contributed by atoms with Gasteiger partial charge in [0.25, 0.3) is 0 Å². The average molecular weight is 313 g/mol. The highest BCUT2D eigenvalue weighted by atomic mass is 35.5. The molecule has 1 aliphatic heterocycles. The first-order chi connectivity index (χ1) is 10.1. The highest BCUT2D eigenvalue weighted by molar-refractivity contribution is 6.33. The Bertz CT molecular complexity index is 482. The molecular weight excluding hydrogens is 288 g/mol. The third-order valence-electron chi connectivity index (χ3n) is 4.39. The number of ether oxygens (including phenoxy) is 2. The minimum atomic E-state index is 0.227. The molecule has 0 radical (unpaired) electrons. The minimum Gasteiger partial charge on any atom is -0.493 e. The van der Waals surface area contributed by atoms with Crippen LogP contribution < -0.4 is 15.2 Å². The SMILES string of the molecule is COc1ccc(C2C(CN)CCCCN2C)c(Cl)c1OC. The largest absolute Gasteiger partial charge is 0.493 e. The zero-order valence-corrected chi connectivity index (χ0v) is 13.8. The summed E-state index contributed by atoms with van der Waals surface area (Å²) in [4.78, 5) is 2.36. The molecule has 0 saturated carbocycles. The third kappa shape index (κ3) is 3.28. The van der Waals surface area contributed by atoms with Crippen LogP contribution in [0.3, 0.4) is 0 Å². The van der Waals surface area contributed by atoms with Gasteiger partial charge in [-0.15, -0.1) is 0 Å². The molecule has 2 unspecified atom stereocenters. The van der Waals surface area contributed by atoms with Gasteiger partial charge in [0.15, 0.2) is 11.5 Å². The van der Waals surface area contributed by atoms with E-state index in [4.69, 9.17) is 26.8 Å². The van der Waals surface area contributed by atoms with Gasteiger partial charge in [0.1, 0.15) is 0 Å². The van der Waals surface area contributed by atoms with Crippen LogP contribution in [0.4, 0.5) is 0 Å². The van der Waals surface area contributed by atoms with Gasteiger partial charge in [0, 0.05) is 6.04 Å². The number of benzene rings is 1. The van der Waals surface area contributed by atoms with Crippen LogP contribution >= 0.6 is 11.6 Å². The maximum Gasteiger partial charge on any atom is 0.179 e. The highest BCUT2D eigenvalue weighted by Gasteiger charge is 2.31. The van der Waals surface area contributed by atoms with Gasteiger partial charge in [0.2, 0.25) is 0 Å². The van der Waals surface area contributed by atoms with Crippen LogP contribution in [0.2, 0.25) is 5.02 Å². The van der Waals surface area contributed by atoms with Crippen LogP contribution in [0.15, 0.2) is 12.1 Å². The summed E-state index contributed by atoms with van der Waals surface area (Å²) in [6.45, 7) is 1.73. The zero-order chi connectivity index (χ0) is 15.4. The molecule has 2 atom stereocenters. The fourth-order valence-corrected chi connectivity index (χ4v) is 3.64. The summed E-state index contributed by atoms with van der Waals surface area (Å²) in [5.74, 6) is 1.67. The molecule has 0 aliphatic carbocycles. The summed E-state index contributed by atoms with van der Waals surface area (Å²) in [5, 5.41) is 0.633. The lowest BCUT2D eigenvalue weighted by Crippen LogP contribution is -2.33. The zero-order valence-electron chi connectivity index (χ0n) is 13.1. The first-order valence-corrected chi connectivity index (χ1v) is 7.82. The first kappa shape index (κ1) is 16.4. The molecule has 2 rings (SSSR count). The molecule has 118 valence electrons. The minimum absolute atomic E-state index is 0.227. The number of methoxy groups -OCH3 is 2. The van der Waals surface area contributed by atoms with Gasteiger partial charge < -0.3 is 15.2 Å². The smallest absolute Gasteiger partial charge is 0.179 e. The number of halogens is 1. The maximum absolute atomic E-state index is 6.59. The van der Waals surface area contributed by atoms with Crippen molar-refractivity contribution in [2.45, 2.75) is 25.3 Å². The van der Waals surface area contributed by atoms with Gasteiger partial charge in [-0.1, -0.05) is 24.1 Å². The van der Waals surface area contributed by atoms with Crippen molar-refractivity contribution in [2.24, 2.45) is 11.7 Å². The summed E-state index contributed by atoms with van der Waals surface area (Å²) in [7, 11) is 5.38. The van der Waals surface area contributed by atoms with E-state index in [1.807, 2.05) is 12.1 Å². The van der Waals surface area contributed by atoms with E-state index in [9.17, 15) is 0 Å². The predicted octanol–water partition coefficient (Wildman–Crippen LogP) is 3.09. The van der Waals surface area contributed by atoms with E-state index in [-0.39, 0.29) is 6.04 Å². The first-order valence-electron chi connectivity index (χ1n) is 7.44. The molecule has 0 bridgehead atoms. The second kappa shape index (κ2) is 7.34. The van der Waals surface area contributed by atoms with Crippen molar-refractivity contribution in [1.82, 2.24) is 4.90 Å². The van der Waals surface area contributed by atoms with Crippen LogP contribution in [0.5, 0.6) is 11.5 Å². The molecule has 1 aliphatic rings. The summed E-state index contributed by atoms with van der Waals surface area (Å²) < 4.78 is 10.7. The van der Waals surface area contributed by atoms with Gasteiger partial charge in [0.05, 0.1) is 19.2 Å². The molecule has 1 aromatic carbocycles. The quantitative estimate of drug-likeness (QED) is 0.928. The van der Waals surface area contributed by atoms with Crippen LogP contribution in [0, 0.1) is 5.92 Å². The summed E-state index contributed by atoms with van der Waals surface area (Å²) in [6.07, 6.45) is 3.55. The van der Waals surface area contributed by atoms with Gasteiger partial charge in [-0.3, -0.25) is 4.90 Å². The fourth-order valence-electron chi connectivity index (χ4n) is 3.30. The average Bonchev–Trinajstić information content (AvgIpc) is 2.68. The standard InChI is InChI=1S/C16H25ClN2O2/c1-19-9-5-4-6-11(10-18)15(19)12-7-8-13(20-2)16(21-3)14(12)17/h7-8,11,15H,4-6,9-10,18H2,1-3H3. The third-order valence-corrected chi connectivity index (χ3v) is 4.78. The number of rotatable bonds is 4. The van der Waals surface area contributed by atoms with Crippen molar-refractivity contribution in [1.29, 1.82) is 0 Å². The Hall–Kier alpha value is -0.970. The van der Waals surface area contributed by atoms with Crippen molar-refractivity contribution in [3.05, 3.63) is 22.7 Å². The molecule has 1 saturated heterocycles. The highest BCUT2D eigenvalue weighted by Crippen LogP contribution is 2.44. The van der Waals surface area contributed by atoms with E-state index in [0.29, 0.717) is 29.0 Å². The van der Waals surface area contributed by atoms with Gasteiger partial charge >= 0.3 is 0 Å². The normalized spacial score (nSPS) is 23.7. The van der Waals surface area contributed by atoms with Crippen molar-refractivity contribution in [2.75, 3.05) is 34.4 Å². The molecule has 1 fully saturated rings. The molecule has 2 N–H and O–H groups in total. The topological polar surface area (TPSA) is 47.7 Å². The number of hydrogen-bond donors (Lipinski definition) is 1. The van der Waals surface area contributed by atoms with E-state index < -0.39 is 0 Å². The Balaban J connectivity index is 2.46. The molecule has 21 heavy (non-hydrogen) atoms. The number of nitrogens with zero attached hydrogens (tertiary/aromatic N) is 1. The van der Waals surface area contributed by atoms with Crippen molar-refractivity contribution >= 4 is 11.6 Å². The van der Waals surface area contributed by atoms with E-state index >= 15 is 0 Å². The number of hydrogen-bond acceptors (Lipinski definition) is 4. The molecule has 0 aromatic heterocycles. The number of likely N-dealkylation sites (tertiary alicyclic amines) is 1. The summed E-state index contributed by atoms with van der Waals surface area (Å²) >= 11 is 6.59. The Morgan fingerprint density at radius 3 is 2.67 bits per heavy atom. The summed E-state index contributed by atoms with van der Waals surface area (Å²) in [5.41, 5.74) is 7.09. The molecule has 5 heteroatoms. The van der Waals surface area contributed by atoms with Crippen molar-refractivity contribution < 1.29 is 9.47 Å². The van der Waals surface area contributed by atoms with E-state index in [1.54, 1.807) is 14.2 Å². The molecule has 4 nitrogen and oxygen atoms in total. The van der Waals surface area contributed by atoms with Gasteiger partial charge in [-0.05, 0) is 50.5 Å². The Kier molecular flexibility index (Phi) is 5.73. The Morgan fingerprint density at radius 2 is 2.05 bits per heavy atom. The van der Waals surface area contributed by atoms with Crippen LogP contribution in [0.1, 0.15) is 30.9 Å². The summed E-state index contributed by atoms with van der Waals surface area (Å²) in [6, 6.07) is 4.19. The monoisotopic (exact) mass is 312 g/mol. The van der Waals surface area contributed by atoms with E-state index in [1.165, 1.54) is 12.8 Å². The van der Waals surface area contributed by atoms with Crippen molar-refractivity contribution in [3.8, 4) is 11.5 Å². The lowest BCUT2D eigenvalue weighted by molar-refractivity contribution is 0.195. The molecule has 1 aromatic rings. The molecule has 0 amide bonds. The Labute approximate surface area is 132 Å². The molecular formula is C16H25ClN2O2. The van der Waals surface area contributed by atoms with Gasteiger partial charge in [-0.2, -0.15) is 0 Å². The lowest BCUT2D eigenvalue weighted by atomic mass is 9.89. The van der Waals surface area contributed by atoms with Crippen molar-refractivity contribution in [3.63, 3.8) is 0 Å². The van der Waals surface area contributed by atoms with Crippen LogP contribution in [0.25, 0.3) is 0 Å². The second-order valence-electron chi connectivity index (χ2n) is 5.62. The predicted molar refractivity (Wildman–Crippen MR) is 86.3 cm³/mol. The van der Waals surface area contributed by atoms with E-state index in [0.717, 1.165) is 18.5 Å². The maximum atomic E-state index is 6.59. The molecule has 1 heterocycles. The molecule has 0 spiro atoms. The van der Waals surface area contributed by atoms with Crippen LogP contribution in [-0.4, -0.2) is 39.3 Å². The lowest BCUT2D eigenvalue weighted by Gasteiger charge is -2.33.